The molecule has 3 nitrogen and oxygen atoms in total. The van der Waals surface area contributed by atoms with Crippen molar-refractivity contribution in [1.29, 1.82) is 0 Å². The Morgan fingerprint density at radius 1 is 1.67 bits per heavy atom. The maximum atomic E-state index is 11.0. The lowest BCUT2D eigenvalue weighted by Gasteiger charge is -2.21. The molecule has 2 unspecified atom stereocenters. The average molecular weight is 248 g/mol. The lowest BCUT2D eigenvalue weighted by atomic mass is 9.96. The third-order valence-corrected chi connectivity index (χ3v) is 3.69. The van der Waals surface area contributed by atoms with E-state index in [4.69, 9.17) is 16.7 Å². The Morgan fingerprint density at radius 3 is 2.67 bits per heavy atom. The zero-order valence-electron chi connectivity index (χ0n) is 8.66. The van der Waals surface area contributed by atoms with Gasteiger partial charge in [0.25, 0.3) is 0 Å². The molecule has 0 bridgehead atoms. The van der Waals surface area contributed by atoms with E-state index in [-0.39, 0.29) is 6.04 Å². The van der Waals surface area contributed by atoms with Crippen molar-refractivity contribution in [2.24, 2.45) is 5.92 Å². The van der Waals surface area contributed by atoms with Crippen molar-refractivity contribution in [2.45, 2.75) is 19.4 Å². The summed E-state index contributed by atoms with van der Waals surface area (Å²) in [5.41, 5.74) is 0. The van der Waals surface area contributed by atoms with Gasteiger partial charge in [-0.1, -0.05) is 18.5 Å². The van der Waals surface area contributed by atoms with Crippen molar-refractivity contribution >= 4 is 28.9 Å². The Hall–Kier alpha value is -0.580. The van der Waals surface area contributed by atoms with Crippen LogP contribution in [-0.4, -0.2) is 18.1 Å². The maximum Gasteiger partial charge on any atom is 0.308 e. The first-order valence-corrected chi connectivity index (χ1v) is 5.94. The zero-order valence-corrected chi connectivity index (χ0v) is 10.2. The molecule has 0 spiro atoms. The normalized spacial score (nSPS) is 14.9. The SMILES string of the molecule is CCC(C(=O)O)C(NC)c1ccc(Cl)s1. The van der Waals surface area contributed by atoms with Gasteiger partial charge in [0.15, 0.2) is 0 Å². The van der Waals surface area contributed by atoms with Gasteiger partial charge in [-0.25, -0.2) is 0 Å². The number of carboxylic acid groups (broad SMARTS) is 1. The van der Waals surface area contributed by atoms with Gasteiger partial charge in [-0.3, -0.25) is 4.79 Å². The molecule has 0 saturated carbocycles. The van der Waals surface area contributed by atoms with Crippen LogP contribution in [0.5, 0.6) is 0 Å². The molecular formula is C10H14ClNO2S. The Bertz CT molecular complexity index is 340. The summed E-state index contributed by atoms with van der Waals surface area (Å²) in [6.45, 7) is 1.87. The molecule has 0 aliphatic heterocycles. The molecule has 1 heterocycles. The predicted octanol–water partition coefficient (Wildman–Crippen LogP) is 2.77. The van der Waals surface area contributed by atoms with E-state index in [1.54, 1.807) is 13.1 Å². The van der Waals surface area contributed by atoms with Gasteiger partial charge in [0.1, 0.15) is 0 Å². The first-order valence-electron chi connectivity index (χ1n) is 4.75. The quantitative estimate of drug-likeness (QED) is 0.841. The molecule has 0 aliphatic carbocycles. The molecule has 0 radical (unpaired) electrons. The molecule has 2 atom stereocenters. The van der Waals surface area contributed by atoms with Gasteiger partial charge in [-0.15, -0.1) is 11.3 Å². The minimum absolute atomic E-state index is 0.162. The number of rotatable bonds is 5. The van der Waals surface area contributed by atoms with Gasteiger partial charge in [0, 0.05) is 4.88 Å². The summed E-state index contributed by atoms with van der Waals surface area (Å²) in [7, 11) is 1.77. The maximum absolute atomic E-state index is 11.0. The highest BCUT2D eigenvalue weighted by Crippen LogP contribution is 2.32. The van der Waals surface area contributed by atoms with E-state index in [0.717, 1.165) is 4.88 Å². The molecular weight excluding hydrogens is 234 g/mol. The van der Waals surface area contributed by atoms with Crippen LogP contribution in [0, 0.1) is 5.92 Å². The van der Waals surface area contributed by atoms with E-state index >= 15 is 0 Å². The van der Waals surface area contributed by atoms with E-state index in [0.29, 0.717) is 10.8 Å². The number of aliphatic carboxylic acids is 1. The second kappa shape index (κ2) is 5.49. The minimum atomic E-state index is -0.777. The van der Waals surface area contributed by atoms with Crippen molar-refractivity contribution < 1.29 is 9.90 Å². The summed E-state index contributed by atoms with van der Waals surface area (Å²) in [6, 6.07) is 3.50. The van der Waals surface area contributed by atoms with Crippen LogP contribution in [-0.2, 0) is 4.79 Å². The molecule has 0 fully saturated rings. The number of carbonyl (C=O) groups is 1. The van der Waals surface area contributed by atoms with Gasteiger partial charge >= 0.3 is 5.97 Å². The van der Waals surface area contributed by atoms with Gasteiger partial charge in [0.05, 0.1) is 16.3 Å². The molecule has 0 amide bonds. The lowest BCUT2D eigenvalue weighted by Crippen LogP contribution is -2.29. The highest BCUT2D eigenvalue weighted by Gasteiger charge is 2.27. The van der Waals surface area contributed by atoms with Crippen LogP contribution in [0.3, 0.4) is 0 Å². The van der Waals surface area contributed by atoms with E-state index in [9.17, 15) is 4.79 Å². The molecule has 15 heavy (non-hydrogen) atoms. The van der Waals surface area contributed by atoms with Gasteiger partial charge in [-0.05, 0) is 25.6 Å². The van der Waals surface area contributed by atoms with Crippen LogP contribution in [0.15, 0.2) is 12.1 Å². The highest BCUT2D eigenvalue weighted by atomic mass is 35.5. The van der Waals surface area contributed by atoms with Crippen LogP contribution >= 0.6 is 22.9 Å². The van der Waals surface area contributed by atoms with E-state index in [1.165, 1.54) is 11.3 Å². The van der Waals surface area contributed by atoms with Gasteiger partial charge in [-0.2, -0.15) is 0 Å². The summed E-state index contributed by atoms with van der Waals surface area (Å²) < 4.78 is 0.686. The number of carboxylic acids is 1. The smallest absolute Gasteiger partial charge is 0.308 e. The third-order valence-electron chi connectivity index (χ3n) is 2.37. The Kier molecular flexibility index (Phi) is 4.57. The van der Waals surface area contributed by atoms with E-state index in [2.05, 4.69) is 5.32 Å². The van der Waals surface area contributed by atoms with Crippen molar-refractivity contribution in [3.63, 3.8) is 0 Å². The molecule has 0 aliphatic rings. The van der Waals surface area contributed by atoms with Crippen LogP contribution in [0.25, 0.3) is 0 Å². The summed E-state index contributed by atoms with van der Waals surface area (Å²) in [5.74, 6) is -1.19. The second-order valence-corrected chi connectivity index (χ2v) is 5.01. The van der Waals surface area contributed by atoms with Crippen LogP contribution in [0.2, 0.25) is 4.34 Å². The first kappa shape index (κ1) is 12.5. The second-order valence-electron chi connectivity index (χ2n) is 3.26. The molecule has 84 valence electrons. The third kappa shape index (κ3) is 2.93. The van der Waals surface area contributed by atoms with Crippen LogP contribution < -0.4 is 5.32 Å². The summed E-state index contributed by atoms with van der Waals surface area (Å²) in [6.07, 6.45) is 0.594. The predicted molar refractivity (Wildman–Crippen MR) is 62.5 cm³/mol. The molecule has 5 heteroatoms. The zero-order chi connectivity index (χ0) is 11.4. The average Bonchev–Trinajstić information content (AvgIpc) is 2.60. The van der Waals surface area contributed by atoms with Crippen molar-refractivity contribution in [2.75, 3.05) is 7.05 Å². The van der Waals surface area contributed by atoms with E-state index in [1.807, 2.05) is 13.0 Å². The number of hydrogen-bond donors (Lipinski definition) is 2. The molecule has 1 rings (SSSR count). The lowest BCUT2D eigenvalue weighted by molar-refractivity contribution is -0.142. The van der Waals surface area contributed by atoms with E-state index < -0.39 is 11.9 Å². The minimum Gasteiger partial charge on any atom is -0.481 e. The summed E-state index contributed by atoms with van der Waals surface area (Å²) in [5, 5.41) is 12.1. The number of hydrogen-bond acceptors (Lipinski definition) is 3. The van der Waals surface area contributed by atoms with Crippen LogP contribution in [0.4, 0.5) is 0 Å². The fourth-order valence-electron chi connectivity index (χ4n) is 1.59. The fraction of sp³-hybridized carbons (Fsp3) is 0.500. The largest absolute Gasteiger partial charge is 0.481 e. The molecule has 2 N–H and O–H groups in total. The number of thiophene rings is 1. The van der Waals surface area contributed by atoms with Crippen molar-refractivity contribution in [3.05, 3.63) is 21.3 Å². The Balaban J connectivity index is 2.91. The standard InChI is InChI=1S/C10H14ClNO2S/c1-3-6(10(13)14)9(12-2)7-4-5-8(11)15-7/h4-6,9,12H,3H2,1-2H3,(H,13,14). The number of nitrogens with one attached hydrogen (secondary N) is 1. The first-order chi connectivity index (χ1) is 7.10. The topological polar surface area (TPSA) is 49.3 Å². The molecule has 1 aromatic heterocycles. The van der Waals surface area contributed by atoms with Crippen molar-refractivity contribution in [1.82, 2.24) is 5.32 Å². The molecule has 0 saturated heterocycles. The Morgan fingerprint density at radius 2 is 2.33 bits per heavy atom. The highest BCUT2D eigenvalue weighted by molar-refractivity contribution is 7.16. The summed E-state index contributed by atoms with van der Waals surface area (Å²) >= 11 is 7.25. The fourth-order valence-corrected chi connectivity index (χ4v) is 2.83. The van der Waals surface area contributed by atoms with Gasteiger partial charge < -0.3 is 10.4 Å². The van der Waals surface area contributed by atoms with Crippen molar-refractivity contribution in [3.8, 4) is 0 Å². The molecule has 1 aromatic rings. The number of halogens is 1. The van der Waals surface area contributed by atoms with Crippen LogP contribution in [0.1, 0.15) is 24.3 Å². The van der Waals surface area contributed by atoms with Gasteiger partial charge in [0.2, 0.25) is 0 Å². The monoisotopic (exact) mass is 247 g/mol. The Labute approximate surface area is 98.1 Å². The summed E-state index contributed by atoms with van der Waals surface area (Å²) in [4.78, 5) is 12.0. The molecule has 0 aromatic carbocycles.